The Kier molecular flexibility index (Phi) is 4.21. The van der Waals surface area contributed by atoms with Gasteiger partial charge in [-0.3, -0.25) is 4.79 Å². The van der Waals surface area contributed by atoms with E-state index < -0.39 is 0 Å². The minimum atomic E-state index is 0.0940. The van der Waals surface area contributed by atoms with Crippen molar-refractivity contribution in [2.24, 2.45) is 0 Å². The van der Waals surface area contributed by atoms with Gasteiger partial charge in [0.2, 0.25) is 0 Å². The lowest BCUT2D eigenvalue weighted by molar-refractivity contribution is -0.109. The average Bonchev–Trinajstić information content (AvgIpc) is 2.12. The number of hydrogen-bond donors (Lipinski definition) is 0. The van der Waals surface area contributed by atoms with E-state index in [4.69, 9.17) is 0 Å². The molecule has 0 aliphatic rings. The van der Waals surface area contributed by atoms with Gasteiger partial charge >= 0.3 is 0 Å². The molecule has 1 rings (SSSR count). The van der Waals surface area contributed by atoms with E-state index in [9.17, 15) is 4.79 Å². The van der Waals surface area contributed by atoms with Crippen molar-refractivity contribution in [2.45, 2.75) is 13.8 Å². The third-order valence-electron chi connectivity index (χ3n) is 1.45. The van der Waals surface area contributed by atoms with Crippen molar-refractivity contribution < 1.29 is 4.79 Å². The van der Waals surface area contributed by atoms with Gasteiger partial charge in [-0.05, 0) is 25.0 Å². The molecule has 14 heavy (non-hydrogen) atoms. The standard InChI is InChI=1S/C11H11NOS/c1-9-5-3-6-11(12-9)7-4-8-14-10(2)13/h3,5-6H,8H2,1-2H3. The van der Waals surface area contributed by atoms with Gasteiger partial charge in [-0.2, -0.15) is 0 Å². The molecule has 72 valence electrons. The molecule has 3 heteroatoms. The first kappa shape index (κ1) is 10.8. The number of carbonyl (C=O) groups excluding carboxylic acids is 1. The van der Waals surface area contributed by atoms with Crippen molar-refractivity contribution in [3.63, 3.8) is 0 Å². The number of thioether (sulfide) groups is 1. The smallest absolute Gasteiger partial charge is 0.186 e. The molecule has 0 aliphatic carbocycles. The second-order valence-electron chi connectivity index (χ2n) is 2.75. The molecular weight excluding hydrogens is 194 g/mol. The van der Waals surface area contributed by atoms with Gasteiger partial charge in [0.1, 0.15) is 5.69 Å². The van der Waals surface area contributed by atoms with Gasteiger partial charge in [0.05, 0.1) is 5.75 Å². The molecule has 0 saturated heterocycles. The maximum Gasteiger partial charge on any atom is 0.186 e. The van der Waals surface area contributed by atoms with Gasteiger partial charge in [-0.15, -0.1) is 0 Å². The van der Waals surface area contributed by atoms with E-state index in [1.54, 1.807) is 0 Å². The van der Waals surface area contributed by atoms with Crippen LogP contribution in [0.2, 0.25) is 0 Å². The van der Waals surface area contributed by atoms with Crippen molar-refractivity contribution in [1.29, 1.82) is 0 Å². The highest BCUT2D eigenvalue weighted by Gasteiger charge is 1.90. The van der Waals surface area contributed by atoms with Crippen LogP contribution < -0.4 is 0 Å². The maximum absolute atomic E-state index is 10.6. The molecule has 0 unspecified atom stereocenters. The number of aryl methyl sites for hydroxylation is 1. The van der Waals surface area contributed by atoms with Crippen molar-refractivity contribution in [2.75, 3.05) is 5.75 Å². The number of rotatable bonds is 1. The van der Waals surface area contributed by atoms with Crippen LogP contribution >= 0.6 is 11.8 Å². The Morgan fingerprint density at radius 3 is 3.00 bits per heavy atom. The normalized spacial score (nSPS) is 9.00. The molecule has 0 radical (unpaired) electrons. The quantitative estimate of drug-likeness (QED) is 0.657. The number of carbonyl (C=O) groups is 1. The van der Waals surface area contributed by atoms with Crippen LogP contribution in [0.4, 0.5) is 0 Å². The highest BCUT2D eigenvalue weighted by Crippen LogP contribution is 1.99. The third kappa shape index (κ3) is 4.11. The van der Waals surface area contributed by atoms with Crippen LogP contribution in [0.3, 0.4) is 0 Å². The monoisotopic (exact) mass is 205 g/mol. The lowest BCUT2D eigenvalue weighted by Crippen LogP contribution is -1.86. The maximum atomic E-state index is 10.6. The lowest BCUT2D eigenvalue weighted by atomic mass is 10.3. The van der Waals surface area contributed by atoms with Crippen LogP contribution in [0, 0.1) is 18.8 Å². The molecule has 1 aromatic heterocycles. The summed E-state index contributed by atoms with van der Waals surface area (Å²) >= 11 is 1.21. The van der Waals surface area contributed by atoms with Crippen LogP contribution in [0.25, 0.3) is 0 Å². The summed E-state index contributed by atoms with van der Waals surface area (Å²) in [6.07, 6.45) is 0. The zero-order chi connectivity index (χ0) is 10.4. The Hall–Kier alpha value is -1.27. The molecule has 0 aliphatic heterocycles. The average molecular weight is 205 g/mol. The Bertz CT molecular complexity index is 390. The van der Waals surface area contributed by atoms with Crippen molar-refractivity contribution in [1.82, 2.24) is 4.98 Å². The largest absolute Gasteiger partial charge is 0.288 e. The molecule has 2 nitrogen and oxygen atoms in total. The van der Waals surface area contributed by atoms with E-state index in [1.807, 2.05) is 25.1 Å². The summed E-state index contributed by atoms with van der Waals surface area (Å²) in [6.45, 7) is 3.47. The highest BCUT2D eigenvalue weighted by atomic mass is 32.2. The summed E-state index contributed by atoms with van der Waals surface area (Å²) in [4.78, 5) is 14.8. The Morgan fingerprint density at radius 1 is 1.57 bits per heavy atom. The minimum Gasteiger partial charge on any atom is -0.288 e. The molecular formula is C11H11NOS. The highest BCUT2D eigenvalue weighted by molar-refractivity contribution is 8.13. The van der Waals surface area contributed by atoms with Crippen molar-refractivity contribution >= 4 is 16.9 Å². The first-order chi connectivity index (χ1) is 6.68. The fraction of sp³-hybridized carbons (Fsp3) is 0.273. The lowest BCUT2D eigenvalue weighted by Gasteiger charge is -1.91. The number of hydrogen-bond acceptors (Lipinski definition) is 3. The molecule has 0 saturated carbocycles. The predicted octanol–water partition coefficient (Wildman–Crippen LogP) is 2.02. The fourth-order valence-corrected chi connectivity index (χ4v) is 1.22. The topological polar surface area (TPSA) is 30.0 Å². The van der Waals surface area contributed by atoms with Crippen molar-refractivity contribution in [3.05, 3.63) is 29.6 Å². The van der Waals surface area contributed by atoms with E-state index in [1.165, 1.54) is 18.7 Å². The Balaban J connectivity index is 2.55. The van der Waals surface area contributed by atoms with Crippen molar-refractivity contribution in [3.8, 4) is 11.8 Å². The van der Waals surface area contributed by atoms with Gasteiger partial charge in [0.15, 0.2) is 5.12 Å². The summed E-state index contributed by atoms with van der Waals surface area (Å²) < 4.78 is 0. The fourth-order valence-electron chi connectivity index (χ4n) is 0.877. The molecule has 0 bridgehead atoms. The first-order valence-electron chi connectivity index (χ1n) is 4.24. The Labute approximate surface area is 88.1 Å². The van der Waals surface area contributed by atoms with E-state index >= 15 is 0 Å². The SMILES string of the molecule is CC(=O)SCC#Cc1cccc(C)n1. The molecule has 0 spiro atoms. The van der Waals surface area contributed by atoms with E-state index in [0.717, 1.165) is 11.4 Å². The summed E-state index contributed by atoms with van der Waals surface area (Å²) in [5.74, 6) is 6.33. The van der Waals surface area contributed by atoms with Crippen LogP contribution in [0.5, 0.6) is 0 Å². The zero-order valence-corrected chi connectivity index (χ0v) is 9.02. The van der Waals surface area contributed by atoms with Crippen LogP contribution in [0.1, 0.15) is 18.3 Å². The number of nitrogens with zero attached hydrogens (tertiary/aromatic N) is 1. The number of aromatic nitrogens is 1. The van der Waals surface area contributed by atoms with Gasteiger partial charge < -0.3 is 0 Å². The van der Waals surface area contributed by atoms with Gasteiger partial charge in [-0.25, -0.2) is 4.98 Å². The zero-order valence-electron chi connectivity index (χ0n) is 8.20. The summed E-state index contributed by atoms with van der Waals surface area (Å²) in [5, 5.41) is 0.0940. The summed E-state index contributed by atoms with van der Waals surface area (Å²) in [6, 6.07) is 5.71. The van der Waals surface area contributed by atoms with Crippen LogP contribution in [0.15, 0.2) is 18.2 Å². The van der Waals surface area contributed by atoms with Gasteiger partial charge in [0.25, 0.3) is 0 Å². The van der Waals surface area contributed by atoms with E-state index in [0.29, 0.717) is 5.75 Å². The summed E-state index contributed by atoms with van der Waals surface area (Å²) in [7, 11) is 0. The molecule has 1 aromatic rings. The third-order valence-corrected chi connectivity index (χ3v) is 2.15. The molecule has 0 fully saturated rings. The van der Waals surface area contributed by atoms with E-state index in [-0.39, 0.29) is 5.12 Å². The second-order valence-corrected chi connectivity index (χ2v) is 3.90. The molecule has 0 atom stereocenters. The molecule has 0 aromatic carbocycles. The van der Waals surface area contributed by atoms with Gasteiger partial charge in [0, 0.05) is 12.6 Å². The molecule has 1 heterocycles. The van der Waals surface area contributed by atoms with Crippen LogP contribution in [-0.4, -0.2) is 15.9 Å². The summed E-state index contributed by atoms with van der Waals surface area (Å²) in [5.41, 5.74) is 1.71. The Morgan fingerprint density at radius 2 is 2.36 bits per heavy atom. The second kappa shape index (κ2) is 5.46. The number of pyridine rings is 1. The molecule has 0 N–H and O–H groups in total. The first-order valence-corrected chi connectivity index (χ1v) is 5.23. The van der Waals surface area contributed by atoms with E-state index in [2.05, 4.69) is 16.8 Å². The van der Waals surface area contributed by atoms with Gasteiger partial charge in [-0.1, -0.05) is 23.7 Å². The minimum absolute atomic E-state index is 0.0940. The molecule has 0 amide bonds. The predicted molar refractivity (Wildman–Crippen MR) is 59.0 cm³/mol. The van der Waals surface area contributed by atoms with Crippen LogP contribution in [-0.2, 0) is 4.79 Å².